The average Bonchev–Trinajstić information content (AvgIpc) is 2.69. The van der Waals surface area contributed by atoms with Gasteiger partial charge in [-0.2, -0.15) is 12.6 Å². The van der Waals surface area contributed by atoms with E-state index in [0.29, 0.717) is 0 Å². The van der Waals surface area contributed by atoms with E-state index >= 15 is 0 Å². The molecule has 0 atom stereocenters. The first-order valence-electron chi connectivity index (χ1n) is 13.0. The van der Waals surface area contributed by atoms with Gasteiger partial charge in [0.15, 0.2) is 0 Å². The van der Waals surface area contributed by atoms with Crippen molar-refractivity contribution in [2.24, 2.45) is 5.92 Å². The van der Waals surface area contributed by atoms with Crippen LogP contribution in [0.2, 0.25) is 0 Å². The topological polar surface area (TPSA) is 0 Å². The first-order chi connectivity index (χ1) is 13.3. The molecule has 0 nitrogen and oxygen atoms in total. The second kappa shape index (κ2) is 24.4. The number of thiol groups is 1. The van der Waals surface area contributed by atoms with Gasteiger partial charge in [-0.05, 0) is 24.5 Å². The lowest BCUT2D eigenvalue weighted by Crippen LogP contribution is -2.02. The number of unbranched alkanes of at least 4 members (excludes halogenated alkanes) is 18. The maximum Gasteiger partial charge on any atom is -0.00695 e. The molecule has 0 aromatic rings. The number of hydrogen-bond donors (Lipinski definition) is 1. The predicted octanol–water partition coefficient (Wildman–Crippen LogP) is 10.2. The lowest BCUT2D eigenvalue weighted by molar-refractivity contribution is 0.436. The van der Waals surface area contributed by atoms with E-state index in [9.17, 15) is 0 Å². The molecule has 0 saturated heterocycles. The fourth-order valence-electron chi connectivity index (χ4n) is 4.17. The van der Waals surface area contributed by atoms with Gasteiger partial charge in [-0.25, -0.2) is 0 Å². The van der Waals surface area contributed by atoms with Gasteiger partial charge in [-0.1, -0.05) is 142 Å². The van der Waals surface area contributed by atoms with E-state index in [-0.39, 0.29) is 0 Å². The van der Waals surface area contributed by atoms with Crippen molar-refractivity contribution in [2.45, 2.75) is 155 Å². The molecule has 0 saturated carbocycles. The summed E-state index contributed by atoms with van der Waals surface area (Å²) >= 11 is 4.61. The van der Waals surface area contributed by atoms with Crippen LogP contribution < -0.4 is 0 Å². The van der Waals surface area contributed by atoms with Gasteiger partial charge in [0, 0.05) is 0 Å². The van der Waals surface area contributed by atoms with Crippen LogP contribution in [0, 0.1) is 5.92 Å². The molecule has 0 amide bonds. The summed E-state index contributed by atoms with van der Waals surface area (Å²) in [5.41, 5.74) is 0. The number of hydrogen-bond acceptors (Lipinski definition) is 1. The lowest BCUT2D eigenvalue weighted by atomic mass is 9.95. The van der Waals surface area contributed by atoms with E-state index in [1.54, 1.807) is 0 Å². The summed E-state index contributed by atoms with van der Waals surface area (Å²) in [5.74, 6) is 1.99. The molecule has 0 rings (SSSR count). The van der Waals surface area contributed by atoms with Gasteiger partial charge < -0.3 is 0 Å². The Morgan fingerprint density at radius 1 is 0.407 bits per heavy atom. The zero-order valence-corrected chi connectivity index (χ0v) is 20.2. The Balaban J connectivity index is 3.28. The van der Waals surface area contributed by atoms with Gasteiger partial charge in [-0.15, -0.1) is 0 Å². The zero-order valence-electron chi connectivity index (χ0n) is 19.3. The van der Waals surface area contributed by atoms with Crippen LogP contribution in [0.5, 0.6) is 0 Å². The summed E-state index contributed by atoms with van der Waals surface area (Å²) in [4.78, 5) is 0. The summed E-state index contributed by atoms with van der Waals surface area (Å²) in [6.45, 7) is 4.60. The minimum absolute atomic E-state index is 0.886. The van der Waals surface area contributed by atoms with Crippen molar-refractivity contribution in [3.63, 3.8) is 0 Å². The van der Waals surface area contributed by atoms with E-state index in [2.05, 4.69) is 26.5 Å². The molecule has 0 aromatic carbocycles. The molecule has 0 aromatic heterocycles. The van der Waals surface area contributed by atoms with Crippen LogP contribution in [0.1, 0.15) is 155 Å². The summed E-state index contributed by atoms with van der Waals surface area (Å²) < 4.78 is 0. The number of rotatable bonds is 23. The molecule has 164 valence electrons. The highest BCUT2D eigenvalue weighted by Gasteiger charge is 2.06. The van der Waals surface area contributed by atoms with E-state index in [4.69, 9.17) is 0 Å². The molecule has 0 fully saturated rings. The maximum atomic E-state index is 4.61. The standard InChI is InChI=1S/C26H54S/c1-3-5-7-9-11-13-15-17-19-21-23-26(25-27)24-22-20-18-16-14-12-10-8-6-4-2/h26-27H,3-25H2,1-2H3. The van der Waals surface area contributed by atoms with Crippen LogP contribution in [-0.4, -0.2) is 5.75 Å². The molecule has 0 bridgehead atoms. The first-order valence-corrected chi connectivity index (χ1v) is 13.6. The average molecular weight is 399 g/mol. The molecule has 0 N–H and O–H groups in total. The van der Waals surface area contributed by atoms with Crippen LogP contribution in [-0.2, 0) is 0 Å². The Kier molecular flexibility index (Phi) is 24.7. The van der Waals surface area contributed by atoms with Crippen LogP contribution in [0.3, 0.4) is 0 Å². The molecule has 0 aliphatic rings. The molecule has 1 heteroatoms. The largest absolute Gasteiger partial charge is 0.179 e. The third-order valence-corrected chi connectivity index (χ3v) is 6.71. The Hall–Kier alpha value is 0.350. The summed E-state index contributed by atoms with van der Waals surface area (Å²) in [6.07, 6.45) is 31.8. The molecule has 0 aliphatic carbocycles. The highest BCUT2D eigenvalue weighted by molar-refractivity contribution is 7.80. The lowest BCUT2D eigenvalue weighted by Gasteiger charge is -2.14. The molecule has 0 aliphatic heterocycles. The van der Waals surface area contributed by atoms with Crippen molar-refractivity contribution in [2.75, 3.05) is 5.75 Å². The van der Waals surface area contributed by atoms with Crippen molar-refractivity contribution in [1.82, 2.24) is 0 Å². The summed E-state index contributed by atoms with van der Waals surface area (Å²) in [5, 5.41) is 0. The highest BCUT2D eigenvalue weighted by atomic mass is 32.1. The van der Waals surface area contributed by atoms with Gasteiger partial charge in [0.25, 0.3) is 0 Å². The van der Waals surface area contributed by atoms with Crippen LogP contribution >= 0.6 is 12.6 Å². The predicted molar refractivity (Wildman–Crippen MR) is 130 cm³/mol. The van der Waals surface area contributed by atoms with Crippen molar-refractivity contribution in [3.05, 3.63) is 0 Å². The quantitative estimate of drug-likeness (QED) is 0.128. The van der Waals surface area contributed by atoms with Gasteiger partial charge >= 0.3 is 0 Å². The van der Waals surface area contributed by atoms with Crippen molar-refractivity contribution < 1.29 is 0 Å². The monoisotopic (exact) mass is 398 g/mol. The van der Waals surface area contributed by atoms with Crippen LogP contribution in [0.4, 0.5) is 0 Å². The minimum atomic E-state index is 0.886. The molecular formula is C26H54S. The second-order valence-electron chi connectivity index (χ2n) is 8.99. The minimum Gasteiger partial charge on any atom is -0.179 e. The van der Waals surface area contributed by atoms with Gasteiger partial charge in [0.1, 0.15) is 0 Å². The van der Waals surface area contributed by atoms with Gasteiger partial charge in [0.2, 0.25) is 0 Å². The summed E-state index contributed by atoms with van der Waals surface area (Å²) in [6, 6.07) is 0. The highest BCUT2D eigenvalue weighted by Crippen LogP contribution is 2.20. The Labute approximate surface area is 179 Å². The summed E-state index contributed by atoms with van der Waals surface area (Å²) in [7, 11) is 0. The van der Waals surface area contributed by atoms with Gasteiger partial charge in [-0.3, -0.25) is 0 Å². The van der Waals surface area contributed by atoms with Crippen molar-refractivity contribution in [3.8, 4) is 0 Å². The zero-order chi connectivity index (χ0) is 19.8. The molecule has 0 heterocycles. The van der Waals surface area contributed by atoms with Crippen molar-refractivity contribution >= 4 is 12.6 Å². The van der Waals surface area contributed by atoms with E-state index in [0.717, 1.165) is 11.7 Å². The second-order valence-corrected chi connectivity index (χ2v) is 9.36. The van der Waals surface area contributed by atoms with Crippen LogP contribution in [0.15, 0.2) is 0 Å². The fourth-order valence-corrected chi connectivity index (χ4v) is 4.53. The smallest absolute Gasteiger partial charge is 0.00695 e. The van der Waals surface area contributed by atoms with Crippen LogP contribution in [0.25, 0.3) is 0 Å². The Morgan fingerprint density at radius 3 is 0.926 bits per heavy atom. The fraction of sp³-hybridized carbons (Fsp3) is 1.00. The molecule has 27 heavy (non-hydrogen) atoms. The molecular weight excluding hydrogens is 344 g/mol. The maximum absolute atomic E-state index is 4.61. The van der Waals surface area contributed by atoms with E-state index in [1.807, 2.05) is 0 Å². The Bertz CT molecular complexity index is 227. The van der Waals surface area contributed by atoms with E-state index < -0.39 is 0 Å². The third-order valence-electron chi connectivity index (χ3n) is 6.19. The Morgan fingerprint density at radius 2 is 0.667 bits per heavy atom. The van der Waals surface area contributed by atoms with Crippen molar-refractivity contribution in [1.29, 1.82) is 0 Å². The first kappa shape index (κ1) is 27.4. The normalized spacial score (nSPS) is 11.6. The SMILES string of the molecule is CCCCCCCCCCCCC(CS)CCCCCCCCCCCC. The molecule has 0 spiro atoms. The molecule has 0 unspecified atom stereocenters. The molecule has 0 radical (unpaired) electrons. The van der Waals surface area contributed by atoms with E-state index in [1.165, 1.54) is 141 Å². The van der Waals surface area contributed by atoms with Gasteiger partial charge in [0.05, 0.1) is 0 Å². The third kappa shape index (κ3) is 22.5.